The van der Waals surface area contributed by atoms with Gasteiger partial charge < -0.3 is 24.6 Å². The molecule has 0 atom stereocenters. The molecule has 25 heavy (non-hydrogen) atoms. The quantitative estimate of drug-likeness (QED) is 0.521. The SMILES string of the molecule is COC(=O)c1ccccc1NC(=O)COc1ccccc1P(=O)(O)O. The maximum Gasteiger partial charge on any atom is 0.359 e. The van der Waals surface area contributed by atoms with Crippen LogP contribution in [0.3, 0.4) is 0 Å². The first-order valence-electron chi connectivity index (χ1n) is 7.08. The summed E-state index contributed by atoms with van der Waals surface area (Å²) < 4.78 is 21.2. The van der Waals surface area contributed by atoms with Crippen molar-refractivity contribution in [2.24, 2.45) is 0 Å². The van der Waals surface area contributed by atoms with E-state index in [1.165, 1.54) is 43.5 Å². The fourth-order valence-corrected chi connectivity index (χ4v) is 2.74. The van der Waals surface area contributed by atoms with Gasteiger partial charge in [0.2, 0.25) is 0 Å². The molecule has 0 aliphatic carbocycles. The van der Waals surface area contributed by atoms with Gasteiger partial charge in [-0.1, -0.05) is 24.3 Å². The summed E-state index contributed by atoms with van der Waals surface area (Å²) in [6, 6.07) is 11.8. The van der Waals surface area contributed by atoms with Gasteiger partial charge in [0.15, 0.2) is 6.61 Å². The van der Waals surface area contributed by atoms with Crippen molar-refractivity contribution in [2.45, 2.75) is 0 Å². The Balaban J connectivity index is 2.09. The standard InChI is InChI=1S/C16H16NO7P/c1-23-16(19)11-6-2-3-7-12(11)17-15(18)10-24-13-8-4-5-9-14(13)25(20,21)22/h2-9H,10H2,1H3,(H,17,18)(H2,20,21,22). The second kappa shape index (κ2) is 7.94. The molecular formula is C16H16NO7P. The number of nitrogens with one attached hydrogen (secondary N) is 1. The second-order valence-electron chi connectivity index (χ2n) is 4.89. The maximum atomic E-state index is 12.0. The van der Waals surface area contributed by atoms with Gasteiger partial charge >= 0.3 is 13.6 Å². The minimum Gasteiger partial charge on any atom is -0.483 e. The summed E-state index contributed by atoms with van der Waals surface area (Å²) in [5.41, 5.74) is 0.417. The summed E-state index contributed by atoms with van der Waals surface area (Å²) in [6.45, 7) is -0.494. The molecule has 9 heteroatoms. The van der Waals surface area contributed by atoms with Crippen LogP contribution in [-0.4, -0.2) is 35.4 Å². The molecule has 0 unspecified atom stereocenters. The monoisotopic (exact) mass is 365 g/mol. The zero-order valence-electron chi connectivity index (χ0n) is 13.2. The molecule has 0 radical (unpaired) electrons. The van der Waals surface area contributed by atoms with Gasteiger partial charge in [0.05, 0.1) is 18.4 Å². The smallest absolute Gasteiger partial charge is 0.359 e. The lowest BCUT2D eigenvalue weighted by atomic mass is 10.2. The Morgan fingerprint density at radius 3 is 2.40 bits per heavy atom. The van der Waals surface area contributed by atoms with Gasteiger partial charge in [0, 0.05) is 0 Å². The number of anilines is 1. The molecule has 2 aromatic rings. The van der Waals surface area contributed by atoms with E-state index < -0.39 is 26.1 Å². The van der Waals surface area contributed by atoms with E-state index in [0.29, 0.717) is 0 Å². The largest absolute Gasteiger partial charge is 0.483 e. The molecule has 2 aromatic carbocycles. The molecule has 2 rings (SSSR count). The summed E-state index contributed by atoms with van der Waals surface area (Å²) in [5, 5.41) is 2.19. The van der Waals surface area contributed by atoms with E-state index in [0.717, 1.165) is 0 Å². The van der Waals surface area contributed by atoms with Crippen LogP contribution < -0.4 is 15.4 Å². The molecule has 0 aromatic heterocycles. The number of para-hydroxylation sites is 2. The van der Waals surface area contributed by atoms with Crippen molar-refractivity contribution < 1.29 is 33.4 Å². The number of rotatable bonds is 6. The first kappa shape index (κ1) is 18.7. The molecule has 132 valence electrons. The number of amides is 1. The third kappa shape index (κ3) is 4.90. The number of methoxy groups -OCH3 is 1. The van der Waals surface area contributed by atoms with Crippen molar-refractivity contribution in [2.75, 3.05) is 19.0 Å². The van der Waals surface area contributed by atoms with Gasteiger partial charge in [-0.15, -0.1) is 0 Å². The molecule has 0 fully saturated rings. The van der Waals surface area contributed by atoms with Crippen LogP contribution in [0.1, 0.15) is 10.4 Å². The van der Waals surface area contributed by atoms with E-state index in [1.807, 2.05) is 0 Å². The normalized spacial score (nSPS) is 10.8. The second-order valence-corrected chi connectivity index (χ2v) is 6.46. The number of hydrogen-bond donors (Lipinski definition) is 3. The number of carbonyl (C=O) groups excluding carboxylic acids is 2. The van der Waals surface area contributed by atoms with Crippen molar-refractivity contribution in [1.82, 2.24) is 0 Å². The van der Waals surface area contributed by atoms with Crippen molar-refractivity contribution >= 4 is 30.5 Å². The van der Waals surface area contributed by atoms with Crippen molar-refractivity contribution in [1.29, 1.82) is 0 Å². The molecule has 0 bridgehead atoms. The van der Waals surface area contributed by atoms with E-state index >= 15 is 0 Å². The van der Waals surface area contributed by atoms with Crippen LogP contribution in [0, 0.1) is 0 Å². The Hall–Kier alpha value is -2.67. The first-order valence-corrected chi connectivity index (χ1v) is 8.69. The van der Waals surface area contributed by atoms with E-state index in [-0.39, 0.29) is 22.3 Å². The van der Waals surface area contributed by atoms with Crippen molar-refractivity contribution in [3.63, 3.8) is 0 Å². The van der Waals surface area contributed by atoms with Crippen molar-refractivity contribution in [3.05, 3.63) is 54.1 Å². The average Bonchev–Trinajstić information content (AvgIpc) is 2.59. The summed E-state index contributed by atoms with van der Waals surface area (Å²) in [5.74, 6) is -1.30. The Morgan fingerprint density at radius 2 is 1.72 bits per heavy atom. The van der Waals surface area contributed by atoms with Crippen LogP contribution in [0.5, 0.6) is 5.75 Å². The van der Waals surface area contributed by atoms with Gasteiger partial charge in [-0.3, -0.25) is 9.36 Å². The Bertz CT molecular complexity index is 831. The van der Waals surface area contributed by atoms with Crippen LogP contribution in [0.25, 0.3) is 0 Å². The van der Waals surface area contributed by atoms with E-state index in [9.17, 15) is 23.9 Å². The number of esters is 1. The molecule has 0 saturated carbocycles. The summed E-state index contributed by atoms with van der Waals surface area (Å²) in [6.07, 6.45) is 0. The van der Waals surface area contributed by atoms with Crippen LogP contribution >= 0.6 is 7.60 Å². The predicted molar refractivity (Wildman–Crippen MR) is 90.0 cm³/mol. The summed E-state index contributed by atoms with van der Waals surface area (Å²) in [4.78, 5) is 42.2. The molecule has 0 aliphatic heterocycles. The zero-order valence-corrected chi connectivity index (χ0v) is 14.1. The maximum absolute atomic E-state index is 12.0. The summed E-state index contributed by atoms with van der Waals surface area (Å²) in [7, 11) is -3.30. The molecule has 0 heterocycles. The molecule has 1 amide bonds. The Morgan fingerprint density at radius 1 is 1.08 bits per heavy atom. The van der Waals surface area contributed by atoms with Crippen LogP contribution in [0.15, 0.2) is 48.5 Å². The lowest BCUT2D eigenvalue weighted by Gasteiger charge is -2.13. The van der Waals surface area contributed by atoms with Gasteiger partial charge in [0.25, 0.3) is 5.91 Å². The molecular weight excluding hydrogens is 349 g/mol. The third-order valence-electron chi connectivity index (χ3n) is 3.14. The fourth-order valence-electron chi connectivity index (χ4n) is 2.03. The Labute approximate surface area is 143 Å². The number of carbonyl (C=O) groups is 2. The van der Waals surface area contributed by atoms with Crippen LogP contribution in [0.2, 0.25) is 0 Å². The average molecular weight is 365 g/mol. The van der Waals surface area contributed by atoms with Crippen LogP contribution in [0.4, 0.5) is 5.69 Å². The summed E-state index contributed by atoms with van der Waals surface area (Å²) >= 11 is 0. The number of hydrogen-bond acceptors (Lipinski definition) is 5. The molecule has 0 spiro atoms. The highest BCUT2D eigenvalue weighted by Gasteiger charge is 2.22. The predicted octanol–water partition coefficient (Wildman–Crippen LogP) is 1.29. The number of ether oxygens (including phenoxy) is 2. The number of benzene rings is 2. The Kier molecular flexibility index (Phi) is 5.93. The minimum atomic E-state index is -4.53. The van der Waals surface area contributed by atoms with Crippen molar-refractivity contribution in [3.8, 4) is 5.75 Å². The van der Waals surface area contributed by atoms with E-state index in [1.54, 1.807) is 12.1 Å². The van der Waals surface area contributed by atoms with E-state index in [4.69, 9.17) is 4.74 Å². The third-order valence-corrected chi connectivity index (χ3v) is 4.14. The molecule has 0 aliphatic rings. The van der Waals surface area contributed by atoms with Gasteiger partial charge in [-0.05, 0) is 24.3 Å². The first-order chi connectivity index (χ1) is 11.8. The fraction of sp³-hybridized carbons (Fsp3) is 0.125. The van der Waals surface area contributed by atoms with Gasteiger partial charge in [-0.2, -0.15) is 0 Å². The zero-order chi connectivity index (χ0) is 18.4. The minimum absolute atomic E-state index is 0.0905. The topological polar surface area (TPSA) is 122 Å². The highest BCUT2D eigenvalue weighted by Crippen LogP contribution is 2.37. The van der Waals surface area contributed by atoms with Gasteiger partial charge in [-0.25, -0.2) is 4.79 Å². The highest BCUT2D eigenvalue weighted by molar-refractivity contribution is 7.60. The molecule has 8 nitrogen and oxygen atoms in total. The lowest BCUT2D eigenvalue weighted by molar-refractivity contribution is -0.118. The van der Waals surface area contributed by atoms with Gasteiger partial charge in [0.1, 0.15) is 11.1 Å². The molecule has 0 saturated heterocycles. The van der Waals surface area contributed by atoms with Crippen LogP contribution in [-0.2, 0) is 14.1 Å². The lowest BCUT2D eigenvalue weighted by Crippen LogP contribution is -2.23. The highest BCUT2D eigenvalue weighted by atomic mass is 31.2. The van der Waals surface area contributed by atoms with E-state index in [2.05, 4.69) is 10.1 Å². The molecule has 3 N–H and O–H groups in total.